The summed E-state index contributed by atoms with van der Waals surface area (Å²) in [5.41, 5.74) is 12.2. The van der Waals surface area contributed by atoms with Gasteiger partial charge in [-0.2, -0.15) is 0 Å². The van der Waals surface area contributed by atoms with Gasteiger partial charge in [-0.15, -0.1) is 12.6 Å². The molecule has 0 aliphatic carbocycles. The summed E-state index contributed by atoms with van der Waals surface area (Å²) < 4.78 is 5.53. The van der Waals surface area contributed by atoms with Gasteiger partial charge < -0.3 is 20.2 Å². The van der Waals surface area contributed by atoms with Gasteiger partial charge in [0, 0.05) is 30.8 Å². The standard InChI is InChI=1S/C24H25N5O2S/c30-15-17-4-1-3-16(13-17)7-8-21-22(32)24(29-9-11-31-12-10-29)27-23(26-21)18-5-2-6-20-19(18)14-25-28-20/h1-8,13,25,28,30,32H,9-12,14-15H2/b8-7+. The highest BCUT2D eigenvalue weighted by atomic mass is 32.1. The lowest BCUT2D eigenvalue weighted by molar-refractivity contribution is 0.122. The minimum absolute atomic E-state index is 0.0134. The van der Waals surface area contributed by atoms with Crippen molar-refractivity contribution in [3.63, 3.8) is 0 Å². The molecule has 3 heterocycles. The van der Waals surface area contributed by atoms with Crippen LogP contribution in [0.5, 0.6) is 0 Å². The van der Waals surface area contributed by atoms with Crippen LogP contribution in [0.2, 0.25) is 0 Å². The maximum Gasteiger partial charge on any atom is 0.162 e. The van der Waals surface area contributed by atoms with Gasteiger partial charge in [0.25, 0.3) is 0 Å². The number of thiol groups is 1. The fraction of sp³-hybridized carbons (Fsp3) is 0.250. The van der Waals surface area contributed by atoms with Gasteiger partial charge >= 0.3 is 0 Å². The van der Waals surface area contributed by atoms with Crippen molar-refractivity contribution < 1.29 is 9.84 Å². The first-order valence-electron chi connectivity index (χ1n) is 10.7. The second-order valence-electron chi connectivity index (χ2n) is 7.75. The summed E-state index contributed by atoms with van der Waals surface area (Å²) in [6.45, 7) is 3.59. The van der Waals surface area contributed by atoms with Crippen molar-refractivity contribution in [2.75, 3.05) is 36.6 Å². The summed E-state index contributed by atoms with van der Waals surface area (Å²) in [4.78, 5) is 12.8. The number of aromatic nitrogens is 2. The Hall–Kier alpha value is -2.91. The van der Waals surface area contributed by atoms with Gasteiger partial charge in [0.1, 0.15) is 5.82 Å². The van der Waals surface area contributed by atoms with Crippen molar-refractivity contribution in [3.05, 3.63) is 64.8 Å². The number of aliphatic hydroxyl groups excluding tert-OH is 1. The average molecular weight is 448 g/mol. The van der Waals surface area contributed by atoms with Crippen molar-refractivity contribution in [3.8, 4) is 11.4 Å². The summed E-state index contributed by atoms with van der Waals surface area (Å²) in [5.74, 6) is 1.50. The summed E-state index contributed by atoms with van der Waals surface area (Å²) in [6, 6.07) is 13.9. The Morgan fingerprint density at radius 1 is 1.09 bits per heavy atom. The number of hydrazine groups is 1. The van der Waals surface area contributed by atoms with E-state index >= 15 is 0 Å². The molecule has 1 saturated heterocycles. The van der Waals surface area contributed by atoms with E-state index in [2.05, 4.69) is 21.8 Å². The molecule has 2 aliphatic heterocycles. The highest BCUT2D eigenvalue weighted by Gasteiger charge is 2.22. The fourth-order valence-electron chi connectivity index (χ4n) is 3.99. The molecule has 0 radical (unpaired) electrons. The first kappa shape index (κ1) is 21.0. The van der Waals surface area contributed by atoms with Gasteiger partial charge in [0.05, 0.1) is 36.1 Å². The Morgan fingerprint density at radius 2 is 1.94 bits per heavy atom. The minimum Gasteiger partial charge on any atom is -0.392 e. The molecule has 3 N–H and O–H groups in total. The number of morpholine rings is 1. The van der Waals surface area contributed by atoms with Gasteiger partial charge in [-0.3, -0.25) is 0 Å². The second kappa shape index (κ2) is 9.30. The lowest BCUT2D eigenvalue weighted by atomic mass is 10.1. The predicted molar refractivity (Wildman–Crippen MR) is 130 cm³/mol. The number of ether oxygens (including phenoxy) is 1. The molecule has 1 fully saturated rings. The van der Waals surface area contributed by atoms with Crippen LogP contribution in [0.25, 0.3) is 23.5 Å². The molecule has 3 aromatic rings. The average Bonchev–Trinajstić information content (AvgIpc) is 3.33. The fourth-order valence-corrected chi connectivity index (χ4v) is 4.31. The molecule has 0 spiro atoms. The van der Waals surface area contributed by atoms with E-state index in [1.54, 1.807) is 0 Å². The Bertz CT molecular complexity index is 1160. The van der Waals surface area contributed by atoms with E-state index in [9.17, 15) is 5.11 Å². The Labute approximate surface area is 192 Å². The van der Waals surface area contributed by atoms with E-state index < -0.39 is 0 Å². The number of fused-ring (bicyclic) bond motifs is 1. The SMILES string of the molecule is OCc1cccc(/C=C/c2nc(-c3cccc4c3CNN4)nc(N3CCOCC3)c2S)c1. The third-order valence-electron chi connectivity index (χ3n) is 5.68. The van der Waals surface area contributed by atoms with Crippen LogP contribution in [-0.2, 0) is 17.9 Å². The van der Waals surface area contributed by atoms with Crippen LogP contribution in [0.4, 0.5) is 11.5 Å². The zero-order valence-corrected chi connectivity index (χ0v) is 18.5. The zero-order chi connectivity index (χ0) is 21.9. The normalized spacial score (nSPS) is 15.8. The van der Waals surface area contributed by atoms with Crippen molar-refractivity contribution in [1.82, 2.24) is 15.4 Å². The number of nitrogens with zero attached hydrogens (tertiary/aromatic N) is 3. The van der Waals surface area contributed by atoms with Crippen molar-refractivity contribution in [2.24, 2.45) is 0 Å². The molecule has 1 aromatic heterocycles. The van der Waals surface area contributed by atoms with E-state index in [1.807, 2.05) is 48.6 Å². The van der Waals surface area contributed by atoms with Crippen LogP contribution in [-0.4, -0.2) is 41.4 Å². The number of hydrogen-bond acceptors (Lipinski definition) is 8. The Kier molecular flexibility index (Phi) is 6.09. The van der Waals surface area contributed by atoms with Gasteiger partial charge in [0.15, 0.2) is 5.82 Å². The van der Waals surface area contributed by atoms with Gasteiger partial charge in [-0.05, 0) is 29.3 Å². The Balaban J connectivity index is 1.60. The van der Waals surface area contributed by atoms with Crippen LogP contribution < -0.4 is 15.8 Å². The molecule has 8 heteroatoms. The summed E-state index contributed by atoms with van der Waals surface area (Å²) in [7, 11) is 0. The summed E-state index contributed by atoms with van der Waals surface area (Å²) in [6.07, 6.45) is 3.96. The van der Waals surface area contributed by atoms with Crippen LogP contribution in [0, 0.1) is 0 Å². The third kappa shape index (κ3) is 4.22. The van der Waals surface area contributed by atoms with Crippen LogP contribution in [0.1, 0.15) is 22.4 Å². The van der Waals surface area contributed by atoms with E-state index in [0.717, 1.165) is 57.4 Å². The van der Waals surface area contributed by atoms with Crippen molar-refractivity contribution in [1.29, 1.82) is 0 Å². The highest BCUT2D eigenvalue weighted by molar-refractivity contribution is 7.80. The molecule has 32 heavy (non-hydrogen) atoms. The molecule has 2 aromatic carbocycles. The number of rotatable bonds is 5. The lowest BCUT2D eigenvalue weighted by Crippen LogP contribution is -2.37. The quantitative estimate of drug-likeness (QED) is 0.447. The van der Waals surface area contributed by atoms with Crippen LogP contribution in [0.15, 0.2) is 47.4 Å². The molecule has 0 saturated carbocycles. The molecule has 0 amide bonds. The number of nitrogens with one attached hydrogen (secondary N) is 2. The minimum atomic E-state index is 0.0134. The maximum absolute atomic E-state index is 9.43. The number of hydrogen-bond donors (Lipinski definition) is 4. The monoisotopic (exact) mass is 447 g/mol. The van der Waals surface area contributed by atoms with E-state index in [-0.39, 0.29) is 6.61 Å². The maximum atomic E-state index is 9.43. The number of aliphatic hydroxyl groups is 1. The molecule has 0 atom stereocenters. The largest absolute Gasteiger partial charge is 0.392 e. The van der Waals surface area contributed by atoms with Gasteiger partial charge in [-0.1, -0.05) is 36.4 Å². The van der Waals surface area contributed by atoms with Crippen LogP contribution in [0.3, 0.4) is 0 Å². The van der Waals surface area contributed by atoms with Crippen molar-refractivity contribution in [2.45, 2.75) is 18.0 Å². The molecular formula is C24H25N5O2S. The van der Waals surface area contributed by atoms with Crippen LogP contribution >= 0.6 is 12.6 Å². The molecule has 7 nitrogen and oxygen atoms in total. The molecule has 2 aliphatic rings. The van der Waals surface area contributed by atoms with E-state index in [1.165, 1.54) is 0 Å². The zero-order valence-electron chi connectivity index (χ0n) is 17.6. The number of anilines is 2. The predicted octanol–water partition coefficient (Wildman–Crippen LogP) is 3.36. The molecular weight excluding hydrogens is 422 g/mol. The molecule has 0 unspecified atom stereocenters. The third-order valence-corrected chi connectivity index (χ3v) is 6.10. The highest BCUT2D eigenvalue weighted by Crippen LogP contribution is 2.34. The first-order valence-corrected chi connectivity index (χ1v) is 11.1. The molecule has 5 rings (SSSR count). The lowest BCUT2D eigenvalue weighted by Gasteiger charge is -2.29. The molecule has 0 bridgehead atoms. The Morgan fingerprint density at radius 3 is 2.78 bits per heavy atom. The summed E-state index contributed by atoms with van der Waals surface area (Å²) >= 11 is 4.82. The smallest absolute Gasteiger partial charge is 0.162 e. The van der Waals surface area contributed by atoms with E-state index in [0.29, 0.717) is 25.6 Å². The molecule has 164 valence electrons. The topological polar surface area (TPSA) is 82.5 Å². The summed E-state index contributed by atoms with van der Waals surface area (Å²) in [5, 5.41) is 9.43. The van der Waals surface area contributed by atoms with E-state index in [4.69, 9.17) is 27.3 Å². The van der Waals surface area contributed by atoms with Gasteiger partial charge in [-0.25, -0.2) is 15.4 Å². The number of benzene rings is 2. The van der Waals surface area contributed by atoms with Gasteiger partial charge in [0.2, 0.25) is 0 Å². The van der Waals surface area contributed by atoms with Crippen molar-refractivity contribution >= 4 is 36.3 Å². The second-order valence-corrected chi connectivity index (χ2v) is 8.20. The first-order chi connectivity index (χ1) is 15.7.